The fourth-order valence-electron chi connectivity index (χ4n) is 2.06. The second-order valence-electron chi connectivity index (χ2n) is 4.92. The molecule has 7 heteroatoms. The molecule has 0 bridgehead atoms. The molecular formula is C15H15N5O2. The first-order valence-corrected chi connectivity index (χ1v) is 6.77. The molecule has 1 unspecified atom stereocenters. The third kappa shape index (κ3) is 3.07. The molecule has 3 aromatic heterocycles. The summed E-state index contributed by atoms with van der Waals surface area (Å²) in [6.45, 7) is 2.14. The van der Waals surface area contributed by atoms with E-state index >= 15 is 0 Å². The zero-order chi connectivity index (χ0) is 15.5. The van der Waals surface area contributed by atoms with E-state index in [0.717, 1.165) is 11.3 Å². The zero-order valence-electron chi connectivity index (χ0n) is 12.3. The van der Waals surface area contributed by atoms with Crippen molar-refractivity contribution in [1.29, 1.82) is 0 Å². The number of aliphatic hydroxyl groups excluding tert-OH is 1. The highest BCUT2D eigenvalue weighted by atomic mass is 16.5. The number of nitrogens with zero attached hydrogens (tertiary/aromatic N) is 5. The molecule has 0 amide bonds. The minimum atomic E-state index is -0.633. The number of aliphatic hydroxyl groups is 1. The van der Waals surface area contributed by atoms with Gasteiger partial charge in [-0.2, -0.15) is 5.10 Å². The summed E-state index contributed by atoms with van der Waals surface area (Å²) in [6.07, 6.45) is 6.31. The smallest absolute Gasteiger partial charge is 0.210 e. The maximum Gasteiger partial charge on any atom is 0.210 e. The van der Waals surface area contributed by atoms with Crippen LogP contribution in [0.15, 0.2) is 35.4 Å². The lowest BCUT2D eigenvalue weighted by atomic mass is 10.3. The van der Waals surface area contributed by atoms with Gasteiger partial charge in [0.15, 0.2) is 0 Å². The summed E-state index contributed by atoms with van der Waals surface area (Å²) < 4.78 is 8.70. The standard InChI is InChI=1S/C15H15N5O2/c1-11(21)15-16-5-6-20(15)10-13-7-14(22-18-13)4-3-12-8-17-19(2)9-12/h5-9,11,21H,10H2,1-2H3. The van der Waals surface area contributed by atoms with Crippen molar-refractivity contribution in [2.24, 2.45) is 7.05 Å². The number of hydrogen-bond acceptors (Lipinski definition) is 5. The first-order chi connectivity index (χ1) is 10.6. The monoisotopic (exact) mass is 297 g/mol. The Hall–Kier alpha value is -2.85. The minimum absolute atomic E-state index is 0.471. The molecule has 0 saturated heterocycles. The van der Waals surface area contributed by atoms with Gasteiger partial charge >= 0.3 is 0 Å². The molecule has 7 nitrogen and oxygen atoms in total. The highest BCUT2D eigenvalue weighted by Crippen LogP contribution is 2.12. The van der Waals surface area contributed by atoms with Gasteiger partial charge in [-0.1, -0.05) is 11.1 Å². The molecule has 0 aliphatic rings. The van der Waals surface area contributed by atoms with E-state index in [1.165, 1.54) is 0 Å². The van der Waals surface area contributed by atoms with Crippen molar-refractivity contribution in [1.82, 2.24) is 24.5 Å². The van der Waals surface area contributed by atoms with Crippen molar-refractivity contribution < 1.29 is 9.63 Å². The molecular weight excluding hydrogens is 282 g/mol. The van der Waals surface area contributed by atoms with Crippen LogP contribution >= 0.6 is 0 Å². The number of imidazole rings is 1. The normalized spacial score (nSPS) is 12.0. The van der Waals surface area contributed by atoms with Crippen LogP contribution in [0.25, 0.3) is 0 Å². The first kappa shape index (κ1) is 14.1. The zero-order valence-corrected chi connectivity index (χ0v) is 12.3. The van der Waals surface area contributed by atoms with Crippen molar-refractivity contribution >= 4 is 0 Å². The van der Waals surface area contributed by atoms with Gasteiger partial charge < -0.3 is 14.2 Å². The molecule has 0 fully saturated rings. The van der Waals surface area contributed by atoms with Gasteiger partial charge in [0, 0.05) is 31.7 Å². The van der Waals surface area contributed by atoms with E-state index in [-0.39, 0.29) is 0 Å². The summed E-state index contributed by atoms with van der Waals surface area (Å²) in [5.41, 5.74) is 1.53. The third-order valence-corrected chi connectivity index (χ3v) is 3.05. The molecule has 0 radical (unpaired) electrons. The Morgan fingerprint density at radius 2 is 2.27 bits per heavy atom. The number of hydrogen-bond donors (Lipinski definition) is 1. The maximum atomic E-state index is 9.63. The quantitative estimate of drug-likeness (QED) is 0.732. The van der Waals surface area contributed by atoms with Crippen LogP contribution in [0.4, 0.5) is 0 Å². The van der Waals surface area contributed by atoms with Gasteiger partial charge in [-0.15, -0.1) is 0 Å². The Kier molecular flexibility index (Phi) is 3.76. The van der Waals surface area contributed by atoms with Gasteiger partial charge in [0.2, 0.25) is 5.76 Å². The SMILES string of the molecule is CC(O)c1nccn1Cc1cc(C#Cc2cnn(C)c2)on1. The van der Waals surface area contributed by atoms with Gasteiger partial charge in [0.1, 0.15) is 17.6 Å². The summed E-state index contributed by atoms with van der Waals surface area (Å²) in [7, 11) is 1.84. The number of aromatic nitrogens is 5. The van der Waals surface area contributed by atoms with Crippen molar-refractivity contribution in [2.75, 3.05) is 0 Å². The maximum absolute atomic E-state index is 9.63. The Bertz CT molecular complexity index is 831. The topological polar surface area (TPSA) is 81.9 Å². The number of rotatable bonds is 3. The van der Waals surface area contributed by atoms with Crippen molar-refractivity contribution in [3.8, 4) is 11.8 Å². The van der Waals surface area contributed by atoms with Crippen molar-refractivity contribution in [2.45, 2.75) is 19.6 Å². The van der Waals surface area contributed by atoms with E-state index in [0.29, 0.717) is 18.1 Å². The fraction of sp³-hybridized carbons (Fsp3) is 0.267. The van der Waals surface area contributed by atoms with Crippen LogP contribution < -0.4 is 0 Å². The van der Waals surface area contributed by atoms with Gasteiger partial charge in [0.25, 0.3) is 0 Å². The Morgan fingerprint density at radius 3 is 3.00 bits per heavy atom. The van der Waals surface area contributed by atoms with Crippen LogP contribution in [0.3, 0.4) is 0 Å². The van der Waals surface area contributed by atoms with Crippen molar-refractivity contribution in [3.63, 3.8) is 0 Å². The highest BCUT2D eigenvalue weighted by Gasteiger charge is 2.10. The summed E-state index contributed by atoms with van der Waals surface area (Å²) in [4.78, 5) is 4.11. The van der Waals surface area contributed by atoms with Crippen molar-refractivity contribution in [3.05, 3.63) is 53.7 Å². The molecule has 112 valence electrons. The van der Waals surface area contributed by atoms with E-state index in [4.69, 9.17) is 4.52 Å². The Labute approximate surface area is 127 Å². The lowest BCUT2D eigenvalue weighted by molar-refractivity contribution is 0.184. The molecule has 1 atom stereocenters. The summed E-state index contributed by atoms with van der Waals surface area (Å²) in [6, 6.07) is 1.77. The molecule has 0 aliphatic heterocycles. The molecule has 0 aliphatic carbocycles. The Balaban J connectivity index is 1.74. The second-order valence-corrected chi connectivity index (χ2v) is 4.92. The lowest BCUT2D eigenvalue weighted by Crippen LogP contribution is -2.07. The molecule has 3 rings (SSSR count). The van der Waals surface area contributed by atoms with Crippen LogP contribution in [-0.4, -0.2) is 29.6 Å². The molecule has 3 heterocycles. The van der Waals surface area contributed by atoms with Gasteiger partial charge in [0.05, 0.1) is 18.3 Å². The lowest BCUT2D eigenvalue weighted by Gasteiger charge is -2.07. The van der Waals surface area contributed by atoms with Gasteiger partial charge in [-0.25, -0.2) is 4.98 Å². The molecule has 1 N–H and O–H groups in total. The Morgan fingerprint density at radius 1 is 1.41 bits per heavy atom. The van der Waals surface area contributed by atoms with E-state index in [2.05, 4.69) is 27.1 Å². The molecule has 0 saturated carbocycles. The molecule has 0 aromatic carbocycles. The predicted octanol–water partition coefficient (Wildman–Crippen LogP) is 1.11. The van der Waals surface area contributed by atoms with Crippen LogP contribution in [0.2, 0.25) is 0 Å². The van der Waals surface area contributed by atoms with Crippen LogP contribution in [0, 0.1) is 11.8 Å². The minimum Gasteiger partial charge on any atom is -0.385 e. The van der Waals surface area contributed by atoms with Crippen LogP contribution in [-0.2, 0) is 13.6 Å². The van der Waals surface area contributed by atoms with Crippen LogP contribution in [0.5, 0.6) is 0 Å². The fourth-order valence-corrected chi connectivity index (χ4v) is 2.06. The summed E-state index contributed by atoms with van der Waals surface area (Å²) in [5, 5.41) is 17.7. The molecule has 22 heavy (non-hydrogen) atoms. The second kappa shape index (κ2) is 5.87. The number of aryl methyl sites for hydroxylation is 1. The van der Waals surface area contributed by atoms with E-state index in [9.17, 15) is 5.11 Å². The highest BCUT2D eigenvalue weighted by molar-refractivity contribution is 5.36. The predicted molar refractivity (Wildman–Crippen MR) is 77.7 cm³/mol. The summed E-state index contributed by atoms with van der Waals surface area (Å²) in [5.74, 6) is 6.93. The van der Waals surface area contributed by atoms with Gasteiger partial charge in [-0.3, -0.25) is 4.68 Å². The average molecular weight is 297 g/mol. The van der Waals surface area contributed by atoms with Crippen LogP contribution in [0.1, 0.15) is 35.9 Å². The third-order valence-electron chi connectivity index (χ3n) is 3.05. The van der Waals surface area contributed by atoms with E-state index in [1.807, 2.05) is 17.8 Å². The molecule has 0 spiro atoms. The van der Waals surface area contributed by atoms with E-state index in [1.54, 1.807) is 36.3 Å². The summed E-state index contributed by atoms with van der Waals surface area (Å²) >= 11 is 0. The largest absolute Gasteiger partial charge is 0.385 e. The van der Waals surface area contributed by atoms with Gasteiger partial charge in [-0.05, 0) is 12.8 Å². The molecule has 3 aromatic rings. The average Bonchev–Trinajstić information content (AvgIpc) is 3.18. The van der Waals surface area contributed by atoms with E-state index < -0.39 is 6.10 Å². The first-order valence-electron chi connectivity index (χ1n) is 6.77.